The van der Waals surface area contributed by atoms with Gasteiger partial charge in [-0.2, -0.15) is 0 Å². The van der Waals surface area contributed by atoms with E-state index in [1.54, 1.807) is 0 Å². The summed E-state index contributed by atoms with van der Waals surface area (Å²) in [5, 5.41) is 3.61. The Morgan fingerprint density at radius 1 is 1.28 bits per heavy atom. The average Bonchev–Trinajstić information content (AvgIpc) is 2.95. The Morgan fingerprint density at radius 2 is 2.06 bits per heavy atom. The second kappa shape index (κ2) is 4.70. The molecule has 0 bridgehead atoms. The van der Waals surface area contributed by atoms with E-state index in [1.165, 1.54) is 43.4 Å². The van der Waals surface area contributed by atoms with Crippen molar-refractivity contribution < 1.29 is 0 Å². The lowest BCUT2D eigenvalue weighted by molar-refractivity contribution is 0.250. The molecule has 1 aromatic carbocycles. The van der Waals surface area contributed by atoms with Crippen LogP contribution in [-0.4, -0.2) is 13.1 Å². The van der Waals surface area contributed by atoms with Gasteiger partial charge in [0, 0.05) is 6.54 Å². The zero-order chi connectivity index (χ0) is 12.6. The van der Waals surface area contributed by atoms with Gasteiger partial charge >= 0.3 is 0 Å². The van der Waals surface area contributed by atoms with Crippen LogP contribution in [-0.2, 0) is 6.42 Å². The van der Waals surface area contributed by atoms with Crippen LogP contribution < -0.4 is 5.32 Å². The van der Waals surface area contributed by atoms with Crippen molar-refractivity contribution in [3.05, 3.63) is 35.4 Å². The topological polar surface area (TPSA) is 12.0 Å². The molecule has 18 heavy (non-hydrogen) atoms. The van der Waals surface area contributed by atoms with Gasteiger partial charge in [-0.3, -0.25) is 0 Å². The van der Waals surface area contributed by atoms with Crippen molar-refractivity contribution in [3.8, 4) is 0 Å². The summed E-state index contributed by atoms with van der Waals surface area (Å²) >= 11 is 0. The minimum absolute atomic E-state index is 0.553. The van der Waals surface area contributed by atoms with E-state index in [1.807, 2.05) is 0 Å². The molecule has 2 aliphatic carbocycles. The quantitative estimate of drug-likeness (QED) is 0.833. The molecule has 3 rings (SSSR count). The molecule has 1 heteroatoms. The predicted octanol–water partition coefficient (Wildman–Crippen LogP) is 3.56. The summed E-state index contributed by atoms with van der Waals surface area (Å²) in [6, 6.07) is 9.09. The van der Waals surface area contributed by atoms with Crippen LogP contribution in [0.4, 0.5) is 0 Å². The van der Waals surface area contributed by atoms with E-state index in [2.05, 4.69) is 43.4 Å². The fourth-order valence-electron chi connectivity index (χ4n) is 4.00. The minimum Gasteiger partial charge on any atom is -0.316 e. The Balaban J connectivity index is 1.73. The molecule has 0 radical (unpaired) electrons. The first-order valence-electron chi connectivity index (χ1n) is 7.47. The summed E-state index contributed by atoms with van der Waals surface area (Å²) in [5.41, 5.74) is 3.49. The highest BCUT2D eigenvalue weighted by atomic mass is 14.9. The van der Waals surface area contributed by atoms with Gasteiger partial charge in [0.25, 0.3) is 0 Å². The molecule has 0 heterocycles. The van der Waals surface area contributed by atoms with Crippen molar-refractivity contribution in [3.63, 3.8) is 0 Å². The highest BCUT2D eigenvalue weighted by molar-refractivity contribution is 5.24. The second-order valence-corrected chi connectivity index (χ2v) is 6.61. The molecule has 2 aliphatic rings. The van der Waals surface area contributed by atoms with Crippen LogP contribution in [0.25, 0.3) is 0 Å². The van der Waals surface area contributed by atoms with Gasteiger partial charge in [0.1, 0.15) is 0 Å². The standard InChI is InChI=1S/C17H25N/c1-3-18-12-17(10-15-8-16(15)11-17)9-14-6-4-5-13(2)7-14/h4-7,15-16,18H,3,8-12H2,1-2H3. The summed E-state index contributed by atoms with van der Waals surface area (Å²) < 4.78 is 0. The first-order chi connectivity index (χ1) is 8.71. The van der Waals surface area contributed by atoms with Crippen LogP contribution >= 0.6 is 0 Å². The SMILES string of the molecule is CCNCC1(Cc2cccc(C)c2)CC2CC2C1. The molecular formula is C17H25N. The maximum atomic E-state index is 3.61. The molecule has 2 fully saturated rings. The van der Waals surface area contributed by atoms with Crippen LogP contribution in [0, 0.1) is 24.2 Å². The van der Waals surface area contributed by atoms with Gasteiger partial charge in [-0.1, -0.05) is 36.8 Å². The van der Waals surface area contributed by atoms with E-state index in [-0.39, 0.29) is 0 Å². The van der Waals surface area contributed by atoms with Gasteiger partial charge in [-0.15, -0.1) is 0 Å². The molecule has 1 nitrogen and oxygen atoms in total. The highest BCUT2D eigenvalue weighted by Crippen LogP contribution is 2.60. The number of rotatable bonds is 5. The molecule has 0 saturated heterocycles. The summed E-state index contributed by atoms with van der Waals surface area (Å²) in [6.45, 7) is 6.73. The normalized spacial score (nSPS) is 33.4. The van der Waals surface area contributed by atoms with E-state index < -0.39 is 0 Å². The van der Waals surface area contributed by atoms with Crippen LogP contribution in [0.15, 0.2) is 24.3 Å². The van der Waals surface area contributed by atoms with Crippen LogP contribution in [0.2, 0.25) is 0 Å². The Bertz CT molecular complexity index is 413. The molecule has 0 amide bonds. The third-order valence-corrected chi connectivity index (χ3v) is 4.87. The maximum absolute atomic E-state index is 3.61. The van der Waals surface area contributed by atoms with Gasteiger partial charge in [0.05, 0.1) is 0 Å². The van der Waals surface area contributed by atoms with Crippen molar-refractivity contribution in [2.75, 3.05) is 13.1 Å². The van der Waals surface area contributed by atoms with Crippen molar-refractivity contribution in [1.82, 2.24) is 5.32 Å². The number of benzene rings is 1. The summed E-state index contributed by atoms with van der Waals surface area (Å²) in [5.74, 6) is 2.13. The minimum atomic E-state index is 0.553. The summed E-state index contributed by atoms with van der Waals surface area (Å²) in [7, 11) is 0. The molecular weight excluding hydrogens is 218 g/mol. The fraction of sp³-hybridized carbons (Fsp3) is 0.647. The average molecular weight is 243 g/mol. The van der Waals surface area contributed by atoms with Crippen LogP contribution in [0.3, 0.4) is 0 Å². The molecule has 0 spiro atoms. The maximum Gasteiger partial charge on any atom is 0.00111 e. The molecule has 1 N–H and O–H groups in total. The fourth-order valence-corrected chi connectivity index (χ4v) is 4.00. The molecule has 2 unspecified atom stereocenters. The first kappa shape index (κ1) is 12.2. The second-order valence-electron chi connectivity index (χ2n) is 6.61. The highest BCUT2D eigenvalue weighted by Gasteiger charge is 2.53. The van der Waals surface area contributed by atoms with Gasteiger partial charge in [-0.25, -0.2) is 0 Å². The Kier molecular flexibility index (Phi) is 3.19. The zero-order valence-electron chi connectivity index (χ0n) is 11.7. The largest absolute Gasteiger partial charge is 0.316 e. The molecule has 0 aromatic heterocycles. The van der Waals surface area contributed by atoms with Crippen LogP contribution in [0.1, 0.15) is 37.3 Å². The van der Waals surface area contributed by atoms with E-state index in [0.717, 1.165) is 18.4 Å². The van der Waals surface area contributed by atoms with E-state index >= 15 is 0 Å². The number of fused-ring (bicyclic) bond motifs is 1. The lowest BCUT2D eigenvalue weighted by Crippen LogP contribution is -2.35. The molecule has 2 atom stereocenters. The molecule has 1 aromatic rings. The van der Waals surface area contributed by atoms with Crippen LogP contribution in [0.5, 0.6) is 0 Å². The Hall–Kier alpha value is -0.820. The number of hydrogen-bond donors (Lipinski definition) is 1. The van der Waals surface area contributed by atoms with Crippen molar-refractivity contribution in [2.45, 2.75) is 39.5 Å². The van der Waals surface area contributed by atoms with Gasteiger partial charge < -0.3 is 5.32 Å². The monoisotopic (exact) mass is 243 g/mol. The third kappa shape index (κ3) is 2.47. The van der Waals surface area contributed by atoms with Crippen molar-refractivity contribution in [2.24, 2.45) is 17.3 Å². The lowest BCUT2D eigenvalue weighted by Gasteiger charge is -2.31. The number of aryl methyl sites for hydroxylation is 1. The van der Waals surface area contributed by atoms with Gasteiger partial charge in [0.2, 0.25) is 0 Å². The molecule has 0 aliphatic heterocycles. The third-order valence-electron chi connectivity index (χ3n) is 4.87. The predicted molar refractivity (Wildman–Crippen MR) is 76.7 cm³/mol. The smallest absolute Gasteiger partial charge is 0.00111 e. The Labute approximate surface area is 111 Å². The van der Waals surface area contributed by atoms with E-state index in [4.69, 9.17) is 0 Å². The van der Waals surface area contributed by atoms with E-state index in [0.29, 0.717) is 5.41 Å². The van der Waals surface area contributed by atoms with Crippen molar-refractivity contribution in [1.29, 1.82) is 0 Å². The molecule has 2 saturated carbocycles. The summed E-state index contributed by atoms with van der Waals surface area (Å²) in [4.78, 5) is 0. The van der Waals surface area contributed by atoms with E-state index in [9.17, 15) is 0 Å². The summed E-state index contributed by atoms with van der Waals surface area (Å²) in [6.07, 6.45) is 5.70. The molecule has 98 valence electrons. The van der Waals surface area contributed by atoms with Crippen molar-refractivity contribution >= 4 is 0 Å². The number of nitrogens with one attached hydrogen (secondary N) is 1. The van der Waals surface area contributed by atoms with Gasteiger partial charge in [0.15, 0.2) is 0 Å². The lowest BCUT2D eigenvalue weighted by atomic mass is 9.77. The first-order valence-corrected chi connectivity index (χ1v) is 7.47. The Morgan fingerprint density at radius 3 is 2.72 bits per heavy atom. The number of hydrogen-bond acceptors (Lipinski definition) is 1. The zero-order valence-corrected chi connectivity index (χ0v) is 11.7. The van der Waals surface area contributed by atoms with Gasteiger partial charge in [-0.05, 0) is 62.0 Å².